The van der Waals surface area contributed by atoms with Crippen molar-refractivity contribution >= 4 is 40.5 Å². The van der Waals surface area contributed by atoms with E-state index in [0.29, 0.717) is 27.1 Å². The van der Waals surface area contributed by atoms with E-state index >= 15 is 0 Å². The van der Waals surface area contributed by atoms with Crippen LogP contribution in [-0.2, 0) is 5.41 Å². The van der Waals surface area contributed by atoms with Crippen LogP contribution in [0, 0.1) is 5.82 Å². The van der Waals surface area contributed by atoms with Crippen LogP contribution in [0.15, 0.2) is 34.9 Å². The van der Waals surface area contributed by atoms with Crippen LogP contribution in [0.3, 0.4) is 0 Å². The fraction of sp³-hybridized carbons (Fsp3) is 0.176. The van der Waals surface area contributed by atoms with Gasteiger partial charge in [-0.15, -0.1) is 0 Å². The van der Waals surface area contributed by atoms with Crippen molar-refractivity contribution in [3.05, 3.63) is 62.6 Å². The topological polar surface area (TPSA) is 64.9 Å². The second kappa shape index (κ2) is 5.87. The van der Waals surface area contributed by atoms with E-state index in [9.17, 15) is 4.39 Å². The van der Waals surface area contributed by atoms with Gasteiger partial charge in [0.05, 0.1) is 16.0 Å². The Hall–Kier alpha value is -1.82. The van der Waals surface area contributed by atoms with Crippen LogP contribution in [0.25, 0.3) is 11.5 Å². The molecule has 0 bridgehead atoms. The van der Waals surface area contributed by atoms with E-state index in [1.807, 2.05) is 0 Å². The number of nitrogens with zero attached hydrogens (tertiary/aromatic N) is 2. The zero-order valence-corrected chi connectivity index (χ0v) is 15.0. The van der Waals surface area contributed by atoms with E-state index in [1.165, 1.54) is 18.2 Å². The highest BCUT2D eigenvalue weighted by atomic mass is 35.5. The summed E-state index contributed by atoms with van der Waals surface area (Å²) in [7, 11) is 0. The quantitative estimate of drug-likeness (QED) is 0.592. The molecule has 0 radical (unpaired) electrons. The molecular formula is C17H11Cl3FN3O. The first-order valence-electron chi connectivity index (χ1n) is 7.45. The molecule has 0 aliphatic heterocycles. The first-order chi connectivity index (χ1) is 11.9. The summed E-state index contributed by atoms with van der Waals surface area (Å²) in [4.78, 5) is 4.45. The molecule has 4 rings (SSSR count). The standard InChI is InChI=1S/C17H11Cl3FN3O/c18-11-5-8(21)1-2-10(11)15-23-16(24-25-15)17(3-4-17)14-12(19)6-9(22)7-13(14)20/h1-2,5-7H,3-4,22H2. The van der Waals surface area contributed by atoms with Crippen molar-refractivity contribution < 1.29 is 8.91 Å². The average molecular weight is 399 g/mol. The van der Waals surface area contributed by atoms with Gasteiger partial charge in [-0.2, -0.15) is 4.98 Å². The second-order valence-electron chi connectivity index (χ2n) is 5.99. The van der Waals surface area contributed by atoms with Gasteiger partial charge in [0.15, 0.2) is 5.82 Å². The molecule has 1 saturated carbocycles. The van der Waals surface area contributed by atoms with Crippen LogP contribution < -0.4 is 5.73 Å². The first-order valence-corrected chi connectivity index (χ1v) is 8.59. The van der Waals surface area contributed by atoms with Gasteiger partial charge in [-0.25, -0.2) is 4.39 Å². The van der Waals surface area contributed by atoms with Gasteiger partial charge in [0.2, 0.25) is 0 Å². The highest BCUT2D eigenvalue weighted by Crippen LogP contribution is 2.56. The van der Waals surface area contributed by atoms with Crippen molar-refractivity contribution in [3.8, 4) is 11.5 Å². The number of anilines is 1. The molecule has 0 amide bonds. The number of aromatic nitrogens is 2. The highest BCUT2D eigenvalue weighted by Gasteiger charge is 2.52. The molecule has 1 heterocycles. The molecule has 1 aliphatic carbocycles. The monoisotopic (exact) mass is 397 g/mol. The van der Waals surface area contributed by atoms with Crippen molar-refractivity contribution in [1.29, 1.82) is 0 Å². The highest BCUT2D eigenvalue weighted by molar-refractivity contribution is 6.36. The van der Waals surface area contributed by atoms with Gasteiger partial charge in [-0.3, -0.25) is 0 Å². The Morgan fingerprint density at radius 3 is 2.32 bits per heavy atom. The normalized spacial score (nSPS) is 15.4. The maximum Gasteiger partial charge on any atom is 0.259 e. The Morgan fingerprint density at radius 1 is 1.04 bits per heavy atom. The van der Waals surface area contributed by atoms with Gasteiger partial charge < -0.3 is 10.3 Å². The molecule has 1 fully saturated rings. The number of nitrogen functional groups attached to an aromatic ring is 1. The lowest BCUT2D eigenvalue weighted by atomic mass is 9.94. The number of halogens is 4. The summed E-state index contributed by atoms with van der Waals surface area (Å²) in [5.74, 6) is 0.248. The molecule has 3 aromatic rings. The van der Waals surface area contributed by atoms with E-state index in [0.717, 1.165) is 18.4 Å². The first kappa shape index (κ1) is 16.6. The van der Waals surface area contributed by atoms with E-state index in [4.69, 9.17) is 45.1 Å². The summed E-state index contributed by atoms with van der Waals surface area (Å²) in [6.07, 6.45) is 1.57. The second-order valence-corrected chi connectivity index (χ2v) is 7.21. The molecule has 0 saturated heterocycles. The minimum absolute atomic E-state index is 0.198. The van der Waals surface area contributed by atoms with Crippen LogP contribution in [0.2, 0.25) is 15.1 Å². The van der Waals surface area contributed by atoms with Gasteiger partial charge in [-0.05, 0) is 43.2 Å². The van der Waals surface area contributed by atoms with Crippen LogP contribution in [0.1, 0.15) is 24.2 Å². The third-order valence-corrected chi connectivity index (χ3v) is 5.22. The predicted molar refractivity (Wildman–Crippen MR) is 95.6 cm³/mol. The molecule has 1 aliphatic rings. The molecule has 1 aromatic heterocycles. The fourth-order valence-electron chi connectivity index (χ4n) is 2.95. The van der Waals surface area contributed by atoms with E-state index < -0.39 is 11.2 Å². The minimum atomic E-state index is -0.504. The van der Waals surface area contributed by atoms with Crippen LogP contribution >= 0.6 is 34.8 Å². The summed E-state index contributed by atoms with van der Waals surface area (Å²) >= 11 is 18.8. The maximum atomic E-state index is 13.2. The average Bonchev–Trinajstić information content (AvgIpc) is 3.15. The lowest BCUT2D eigenvalue weighted by molar-refractivity contribution is 0.418. The Balaban J connectivity index is 1.78. The summed E-state index contributed by atoms with van der Waals surface area (Å²) in [5.41, 5.74) is 6.96. The summed E-state index contributed by atoms with van der Waals surface area (Å²) < 4.78 is 18.6. The van der Waals surface area contributed by atoms with Crippen molar-refractivity contribution in [2.75, 3.05) is 5.73 Å². The fourth-order valence-corrected chi connectivity index (χ4v) is 4.06. The zero-order chi connectivity index (χ0) is 17.8. The van der Waals surface area contributed by atoms with Crippen molar-refractivity contribution in [2.24, 2.45) is 0 Å². The largest absolute Gasteiger partial charge is 0.399 e. The van der Waals surface area contributed by atoms with E-state index in [1.54, 1.807) is 12.1 Å². The van der Waals surface area contributed by atoms with Crippen LogP contribution in [0.5, 0.6) is 0 Å². The summed E-state index contributed by atoms with van der Waals surface area (Å²) in [6, 6.07) is 7.28. The van der Waals surface area contributed by atoms with Crippen LogP contribution in [0.4, 0.5) is 10.1 Å². The third kappa shape index (κ3) is 2.76. The number of nitrogens with two attached hydrogens (primary N) is 1. The summed E-state index contributed by atoms with van der Waals surface area (Å²) in [5, 5.41) is 5.21. The van der Waals surface area contributed by atoms with Gasteiger partial charge in [0, 0.05) is 21.3 Å². The molecule has 0 spiro atoms. The molecule has 2 aromatic carbocycles. The molecule has 25 heavy (non-hydrogen) atoms. The molecule has 4 nitrogen and oxygen atoms in total. The van der Waals surface area contributed by atoms with Gasteiger partial charge in [-0.1, -0.05) is 40.0 Å². The van der Waals surface area contributed by atoms with E-state index in [-0.39, 0.29) is 10.9 Å². The lowest BCUT2D eigenvalue weighted by Gasteiger charge is -2.15. The van der Waals surface area contributed by atoms with Crippen molar-refractivity contribution in [3.63, 3.8) is 0 Å². The van der Waals surface area contributed by atoms with E-state index in [2.05, 4.69) is 10.1 Å². The molecule has 0 unspecified atom stereocenters. The molecular weight excluding hydrogens is 388 g/mol. The molecule has 2 N–H and O–H groups in total. The van der Waals surface area contributed by atoms with Gasteiger partial charge in [0.1, 0.15) is 5.82 Å². The predicted octanol–water partition coefficient (Wildman–Crippen LogP) is 5.50. The van der Waals surface area contributed by atoms with Crippen LogP contribution in [-0.4, -0.2) is 10.1 Å². The van der Waals surface area contributed by atoms with Crippen molar-refractivity contribution in [1.82, 2.24) is 10.1 Å². The Kier molecular flexibility index (Phi) is 3.90. The third-order valence-electron chi connectivity index (χ3n) is 4.31. The Bertz CT molecular complexity index is 962. The zero-order valence-electron chi connectivity index (χ0n) is 12.7. The number of hydrogen-bond acceptors (Lipinski definition) is 4. The lowest BCUT2D eigenvalue weighted by Crippen LogP contribution is -2.12. The Morgan fingerprint density at radius 2 is 1.72 bits per heavy atom. The number of benzene rings is 2. The Labute approximate surface area is 157 Å². The summed E-state index contributed by atoms with van der Waals surface area (Å²) in [6.45, 7) is 0. The minimum Gasteiger partial charge on any atom is -0.399 e. The molecule has 8 heteroatoms. The van der Waals surface area contributed by atoms with Gasteiger partial charge >= 0.3 is 0 Å². The number of hydrogen-bond donors (Lipinski definition) is 1. The maximum absolute atomic E-state index is 13.2. The van der Waals surface area contributed by atoms with Crippen molar-refractivity contribution in [2.45, 2.75) is 18.3 Å². The van der Waals surface area contributed by atoms with Gasteiger partial charge in [0.25, 0.3) is 5.89 Å². The molecule has 0 atom stereocenters. The smallest absolute Gasteiger partial charge is 0.259 e. The molecule has 128 valence electrons. The number of rotatable bonds is 3. The SMILES string of the molecule is Nc1cc(Cl)c(C2(c3noc(-c4ccc(F)cc4Cl)n3)CC2)c(Cl)c1.